The Labute approximate surface area is 160 Å². The van der Waals surface area contributed by atoms with Crippen molar-refractivity contribution in [1.29, 1.82) is 0 Å². The molecule has 0 saturated carbocycles. The maximum Gasteiger partial charge on any atom is 0.343 e. The van der Waals surface area contributed by atoms with Crippen LogP contribution in [0.4, 0.5) is 0 Å². The minimum absolute atomic E-state index is 0.228. The first kappa shape index (κ1) is 18.2. The third kappa shape index (κ3) is 4.12. The second-order valence-corrected chi connectivity index (χ2v) is 7.24. The fraction of sp³-hybridized carbons (Fsp3) is 0.105. The van der Waals surface area contributed by atoms with Crippen LogP contribution < -0.4 is 14.8 Å². The number of thiocarbonyl (C=S) groups is 1. The van der Waals surface area contributed by atoms with Crippen LogP contribution in [-0.2, 0) is 4.79 Å². The van der Waals surface area contributed by atoms with Crippen molar-refractivity contribution in [2.24, 2.45) is 0 Å². The van der Waals surface area contributed by atoms with Crippen LogP contribution in [0, 0.1) is 6.92 Å². The fourth-order valence-corrected chi connectivity index (χ4v) is 3.41. The van der Waals surface area contributed by atoms with Crippen molar-refractivity contribution in [2.45, 2.75) is 6.92 Å². The number of hydrogen-bond acceptors (Lipinski definition) is 6. The van der Waals surface area contributed by atoms with Crippen LogP contribution in [0.2, 0.25) is 0 Å². The van der Waals surface area contributed by atoms with Gasteiger partial charge >= 0.3 is 5.97 Å². The Morgan fingerprint density at radius 1 is 1.19 bits per heavy atom. The van der Waals surface area contributed by atoms with Gasteiger partial charge in [0, 0.05) is 0 Å². The van der Waals surface area contributed by atoms with Crippen LogP contribution in [0.5, 0.6) is 11.5 Å². The van der Waals surface area contributed by atoms with E-state index in [2.05, 4.69) is 5.32 Å². The topological polar surface area (TPSA) is 64.6 Å². The lowest BCUT2D eigenvalue weighted by Gasteiger charge is -2.10. The Hall–Kier alpha value is -2.64. The predicted octanol–water partition coefficient (Wildman–Crippen LogP) is 3.71. The molecule has 2 aromatic carbocycles. The molecule has 0 aromatic heterocycles. The molecule has 0 spiro atoms. The van der Waals surface area contributed by atoms with E-state index >= 15 is 0 Å². The molecule has 3 rings (SSSR count). The van der Waals surface area contributed by atoms with Gasteiger partial charge in [0.25, 0.3) is 5.91 Å². The highest BCUT2D eigenvalue weighted by Crippen LogP contribution is 2.32. The Balaban J connectivity index is 1.83. The van der Waals surface area contributed by atoms with Crippen molar-refractivity contribution in [3.63, 3.8) is 0 Å². The zero-order valence-corrected chi connectivity index (χ0v) is 15.7. The number of rotatable bonds is 4. The number of carbonyl (C=O) groups is 2. The van der Waals surface area contributed by atoms with Crippen LogP contribution in [-0.4, -0.2) is 23.3 Å². The zero-order chi connectivity index (χ0) is 18.7. The van der Waals surface area contributed by atoms with Gasteiger partial charge in [-0.05, 0) is 42.8 Å². The number of thioether (sulfide) groups is 1. The van der Waals surface area contributed by atoms with Gasteiger partial charge in [0.05, 0.1) is 17.6 Å². The lowest BCUT2D eigenvalue weighted by atomic mass is 10.1. The molecule has 1 N–H and O–H groups in total. The van der Waals surface area contributed by atoms with Gasteiger partial charge in [-0.15, -0.1) is 0 Å². The van der Waals surface area contributed by atoms with Crippen molar-refractivity contribution >= 4 is 46.3 Å². The number of carbonyl (C=O) groups excluding carboxylic acids is 2. The van der Waals surface area contributed by atoms with Crippen molar-refractivity contribution in [1.82, 2.24) is 5.32 Å². The number of hydrogen-bond donors (Lipinski definition) is 1. The molecule has 0 aliphatic carbocycles. The van der Waals surface area contributed by atoms with Gasteiger partial charge in [-0.25, -0.2) is 4.79 Å². The lowest BCUT2D eigenvalue weighted by molar-refractivity contribution is -0.115. The largest absolute Gasteiger partial charge is 0.493 e. The highest BCUT2D eigenvalue weighted by molar-refractivity contribution is 8.26. The number of nitrogens with one attached hydrogen (secondary N) is 1. The Bertz CT molecular complexity index is 937. The van der Waals surface area contributed by atoms with E-state index in [4.69, 9.17) is 21.7 Å². The number of ether oxygens (including phenoxy) is 2. The molecule has 1 aliphatic rings. The summed E-state index contributed by atoms with van der Waals surface area (Å²) < 4.78 is 11.2. The van der Waals surface area contributed by atoms with E-state index in [-0.39, 0.29) is 5.91 Å². The minimum Gasteiger partial charge on any atom is -0.493 e. The molecule has 2 aromatic rings. The summed E-state index contributed by atoms with van der Waals surface area (Å²) in [5.74, 6) is 0.00892. The Morgan fingerprint density at radius 3 is 2.65 bits per heavy atom. The van der Waals surface area contributed by atoms with Gasteiger partial charge in [-0.2, -0.15) is 0 Å². The van der Waals surface area contributed by atoms with Crippen LogP contribution in [0.3, 0.4) is 0 Å². The van der Waals surface area contributed by atoms with Crippen molar-refractivity contribution < 1.29 is 19.1 Å². The molecule has 132 valence electrons. The number of benzene rings is 2. The number of aryl methyl sites for hydroxylation is 1. The average molecular weight is 385 g/mol. The third-order valence-corrected chi connectivity index (χ3v) is 4.75. The highest BCUT2D eigenvalue weighted by Gasteiger charge is 2.22. The van der Waals surface area contributed by atoms with Gasteiger partial charge in [-0.3, -0.25) is 4.79 Å². The quantitative estimate of drug-likeness (QED) is 0.375. The molecular weight excluding hydrogens is 370 g/mol. The van der Waals surface area contributed by atoms with E-state index in [1.54, 1.807) is 42.5 Å². The van der Waals surface area contributed by atoms with Crippen LogP contribution in [0.1, 0.15) is 21.5 Å². The predicted molar refractivity (Wildman–Crippen MR) is 105 cm³/mol. The van der Waals surface area contributed by atoms with Gasteiger partial charge in [0.2, 0.25) is 0 Å². The molecule has 26 heavy (non-hydrogen) atoms. The monoisotopic (exact) mass is 385 g/mol. The molecule has 0 unspecified atom stereocenters. The zero-order valence-electron chi connectivity index (χ0n) is 14.1. The third-order valence-electron chi connectivity index (χ3n) is 3.58. The maximum absolute atomic E-state index is 12.3. The summed E-state index contributed by atoms with van der Waals surface area (Å²) in [6.45, 7) is 1.91. The molecule has 0 radical (unpaired) electrons. The van der Waals surface area contributed by atoms with E-state index < -0.39 is 5.97 Å². The van der Waals surface area contributed by atoms with E-state index in [0.717, 1.165) is 11.1 Å². The highest BCUT2D eigenvalue weighted by atomic mass is 32.2. The Kier molecular flexibility index (Phi) is 5.39. The molecule has 1 amide bonds. The summed E-state index contributed by atoms with van der Waals surface area (Å²) in [6, 6.07) is 12.2. The van der Waals surface area contributed by atoms with Gasteiger partial charge in [-0.1, -0.05) is 47.7 Å². The standard InChI is InChI=1S/C19H15NO4S2/c1-11-4-3-5-13(8-11)18(22)24-14-7-6-12(9-15(14)23-2)10-16-17(21)20-19(25)26-16/h3-10H,1-2H3,(H,20,21,25). The first-order chi connectivity index (χ1) is 12.5. The second-order valence-electron chi connectivity index (χ2n) is 5.52. The molecular formula is C19H15NO4S2. The molecule has 5 nitrogen and oxygen atoms in total. The van der Waals surface area contributed by atoms with Gasteiger partial charge in [0.15, 0.2) is 11.5 Å². The van der Waals surface area contributed by atoms with E-state index in [1.807, 2.05) is 13.0 Å². The minimum atomic E-state index is -0.464. The SMILES string of the molecule is COc1cc(C=C2SC(=S)NC2=O)ccc1OC(=O)c1cccc(C)c1. The van der Waals surface area contributed by atoms with Gasteiger partial charge in [0.1, 0.15) is 4.32 Å². The second kappa shape index (κ2) is 7.72. The number of esters is 1. The summed E-state index contributed by atoms with van der Waals surface area (Å²) >= 11 is 6.17. The van der Waals surface area contributed by atoms with Crippen molar-refractivity contribution in [3.05, 3.63) is 64.1 Å². The molecule has 1 heterocycles. The fourth-order valence-electron chi connectivity index (χ4n) is 2.36. The molecule has 0 atom stereocenters. The van der Waals surface area contributed by atoms with Gasteiger partial charge < -0.3 is 14.8 Å². The summed E-state index contributed by atoms with van der Waals surface area (Å²) in [5, 5.41) is 2.56. The maximum atomic E-state index is 12.3. The van der Waals surface area contributed by atoms with Crippen LogP contribution in [0.25, 0.3) is 6.08 Å². The lowest BCUT2D eigenvalue weighted by Crippen LogP contribution is -2.17. The number of methoxy groups -OCH3 is 1. The van der Waals surface area contributed by atoms with E-state index in [9.17, 15) is 9.59 Å². The first-order valence-electron chi connectivity index (χ1n) is 7.68. The number of amides is 1. The summed E-state index contributed by atoms with van der Waals surface area (Å²) in [6.07, 6.45) is 1.70. The summed E-state index contributed by atoms with van der Waals surface area (Å²) in [4.78, 5) is 24.6. The molecule has 0 bridgehead atoms. The Morgan fingerprint density at radius 2 is 2.00 bits per heavy atom. The van der Waals surface area contributed by atoms with Crippen molar-refractivity contribution in [2.75, 3.05) is 7.11 Å². The summed E-state index contributed by atoms with van der Waals surface area (Å²) in [7, 11) is 1.49. The molecule has 1 aliphatic heterocycles. The first-order valence-corrected chi connectivity index (χ1v) is 8.90. The summed E-state index contributed by atoms with van der Waals surface area (Å²) in [5.41, 5.74) is 2.17. The van der Waals surface area contributed by atoms with E-state index in [0.29, 0.717) is 26.3 Å². The molecule has 1 fully saturated rings. The van der Waals surface area contributed by atoms with Crippen molar-refractivity contribution in [3.8, 4) is 11.5 Å². The molecule has 7 heteroatoms. The van der Waals surface area contributed by atoms with E-state index in [1.165, 1.54) is 18.9 Å². The van der Waals surface area contributed by atoms with Crippen LogP contribution >= 0.6 is 24.0 Å². The normalized spacial score (nSPS) is 15.1. The molecule has 1 saturated heterocycles. The smallest absolute Gasteiger partial charge is 0.343 e. The average Bonchev–Trinajstić information content (AvgIpc) is 2.93. The van der Waals surface area contributed by atoms with Crippen LogP contribution in [0.15, 0.2) is 47.4 Å².